The molecular weight excluding hydrogens is 364 g/mol. The number of nitrogens with zero attached hydrogens (tertiary/aromatic N) is 2. The van der Waals surface area contributed by atoms with E-state index >= 15 is 0 Å². The highest BCUT2D eigenvalue weighted by atomic mass is 16.5. The maximum Gasteiger partial charge on any atom is 0.258 e. The smallest absolute Gasteiger partial charge is 0.258 e. The second-order valence-corrected chi connectivity index (χ2v) is 5.75. The van der Waals surface area contributed by atoms with Gasteiger partial charge in [0.1, 0.15) is 11.6 Å². The normalized spacial score (nSPS) is 10.3. The molecule has 0 unspecified atom stereocenters. The zero-order chi connectivity index (χ0) is 20.1. The molecule has 0 atom stereocenters. The van der Waals surface area contributed by atoms with Gasteiger partial charge in [-0.2, -0.15) is 0 Å². The molecule has 2 aromatic heterocycles. The fourth-order valence-corrected chi connectivity index (χ4v) is 2.52. The number of nitrogens with one attached hydrogen (secondary N) is 2. The van der Waals surface area contributed by atoms with Crippen molar-refractivity contribution in [2.24, 2.45) is 0 Å². The fourth-order valence-electron chi connectivity index (χ4n) is 2.52. The average Bonchev–Trinajstić information content (AvgIpc) is 3.12. The predicted molar refractivity (Wildman–Crippen MR) is 103 cm³/mol. The molecule has 0 aliphatic rings. The molecule has 3 aromatic rings. The molecule has 3 rings (SSSR count). The third-order valence-corrected chi connectivity index (χ3v) is 3.83. The van der Waals surface area contributed by atoms with E-state index in [2.05, 4.69) is 20.8 Å². The van der Waals surface area contributed by atoms with Crippen LogP contribution in [0.5, 0.6) is 17.2 Å². The van der Waals surface area contributed by atoms with E-state index in [-0.39, 0.29) is 5.91 Å². The molecule has 0 saturated carbocycles. The second kappa shape index (κ2) is 8.30. The Bertz CT molecular complexity index is 944. The number of rotatable bonds is 7. The number of hydrogen-bond acceptors (Lipinski definition) is 8. The van der Waals surface area contributed by atoms with Gasteiger partial charge >= 0.3 is 0 Å². The van der Waals surface area contributed by atoms with Crippen molar-refractivity contribution in [2.45, 2.75) is 6.92 Å². The maximum atomic E-state index is 12.2. The van der Waals surface area contributed by atoms with Gasteiger partial charge in [0.25, 0.3) is 5.91 Å². The van der Waals surface area contributed by atoms with Gasteiger partial charge in [0.15, 0.2) is 17.3 Å². The minimum absolute atomic E-state index is 0.333. The minimum atomic E-state index is -0.333. The zero-order valence-electron chi connectivity index (χ0n) is 15.9. The molecule has 2 heterocycles. The lowest BCUT2D eigenvalue weighted by molar-refractivity contribution is 0.102. The third kappa shape index (κ3) is 4.14. The molecule has 1 aromatic carbocycles. The summed E-state index contributed by atoms with van der Waals surface area (Å²) in [4.78, 5) is 16.5. The molecular formula is C19H20N4O5. The topological polar surface area (TPSA) is 108 Å². The van der Waals surface area contributed by atoms with Crippen LogP contribution in [0.1, 0.15) is 16.1 Å². The number of amides is 1. The van der Waals surface area contributed by atoms with E-state index in [0.29, 0.717) is 45.9 Å². The summed E-state index contributed by atoms with van der Waals surface area (Å²) in [5.41, 5.74) is 1.08. The highest BCUT2D eigenvalue weighted by Crippen LogP contribution is 2.40. The van der Waals surface area contributed by atoms with Gasteiger partial charge in [0.05, 0.1) is 26.9 Å². The lowest BCUT2D eigenvalue weighted by Crippen LogP contribution is -2.12. The second-order valence-electron chi connectivity index (χ2n) is 5.75. The van der Waals surface area contributed by atoms with Gasteiger partial charge < -0.3 is 29.4 Å². The Morgan fingerprint density at radius 2 is 1.71 bits per heavy atom. The SMILES string of the molecule is COc1cc(Nc2ccc(C(=O)Nc3cc(C)on3)cn2)cc(OC)c1OC. The van der Waals surface area contributed by atoms with E-state index < -0.39 is 0 Å². The van der Waals surface area contributed by atoms with Gasteiger partial charge in [0.2, 0.25) is 5.75 Å². The van der Waals surface area contributed by atoms with Crippen molar-refractivity contribution in [3.8, 4) is 17.2 Å². The number of anilines is 3. The van der Waals surface area contributed by atoms with Gasteiger partial charge in [-0.3, -0.25) is 4.79 Å². The van der Waals surface area contributed by atoms with Gasteiger partial charge in [-0.15, -0.1) is 0 Å². The van der Waals surface area contributed by atoms with Crippen LogP contribution in [0.3, 0.4) is 0 Å². The third-order valence-electron chi connectivity index (χ3n) is 3.83. The van der Waals surface area contributed by atoms with Crippen LogP contribution in [0.2, 0.25) is 0 Å². The van der Waals surface area contributed by atoms with E-state index in [9.17, 15) is 4.79 Å². The van der Waals surface area contributed by atoms with E-state index in [1.54, 1.807) is 58.6 Å². The standard InChI is InChI=1S/C19H20N4O5/c1-11-7-17(23-28-11)22-19(24)12-5-6-16(20-10-12)21-13-8-14(25-2)18(27-4)15(9-13)26-3/h5-10H,1-4H3,(H,20,21)(H,22,23,24). The van der Waals surface area contributed by atoms with Crippen molar-refractivity contribution in [2.75, 3.05) is 32.0 Å². The van der Waals surface area contributed by atoms with Crippen LogP contribution in [0.4, 0.5) is 17.3 Å². The summed E-state index contributed by atoms with van der Waals surface area (Å²) < 4.78 is 20.9. The molecule has 0 radical (unpaired) electrons. The van der Waals surface area contributed by atoms with Crippen LogP contribution < -0.4 is 24.8 Å². The number of hydrogen-bond donors (Lipinski definition) is 2. The van der Waals surface area contributed by atoms with E-state index in [4.69, 9.17) is 18.7 Å². The number of ether oxygens (including phenoxy) is 3. The Morgan fingerprint density at radius 3 is 2.21 bits per heavy atom. The molecule has 28 heavy (non-hydrogen) atoms. The highest BCUT2D eigenvalue weighted by Gasteiger charge is 2.14. The van der Waals surface area contributed by atoms with Gasteiger partial charge in [-0.25, -0.2) is 4.98 Å². The van der Waals surface area contributed by atoms with Crippen molar-refractivity contribution in [1.29, 1.82) is 0 Å². The Morgan fingerprint density at radius 1 is 1.00 bits per heavy atom. The molecule has 0 spiro atoms. The first-order valence-electron chi connectivity index (χ1n) is 8.31. The first kappa shape index (κ1) is 19.0. The monoisotopic (exact) mass is 384 g/mol. The van der Waals surface area contributed by atoms with Crippen molar-refractivity contribution in [3.63, 3.8) is 0 Å². The maximum absolute atomic E-state index is 12.2. The molecule has 9 heteroatoms. The molecule has 0 bridgehead atoms. The number of pyridine rings is 1. The molecule has 0 aliphatic carbocycles. The highest BCUT2D eigenvalue weighted by molar-refractivity contribution is 6.03. The van der Waals surface area contributed by atoms with Crippen LogP contribution >= 0.6 is 0 Å². The summed E-state index contributed by atoms with van der Waals surface area (Å²) >= 11 is 0. The number of aromatic nitrogens is 2. The number of methoxy groups -OCH3 is 3. The average molecular weight is 384 g/mol. The van der Waals surface area contributed by atoms with Crippen LogP contribution in [0, 0.1) is 6.92 Å². The largest absolute Gasteiger partial charge is 0.493 e. The molecule has 0 aliphatic heterocycles. The van der Waals surface area contributed by atoms with Crippen molar-refractivity contribution >= 4 is 23.2 Å². The summed E-state index contributed by atoms with van der Waals surface area (Å²) in [6.45, 7) is 1.74. The molecule has 0 fully saturated rings. The van der Waals surface area contributed by atoms with Crippen LogP contribution in [-0.4, -0.2) is 37.4 Å². The quantitative estimate of drug-likeness (QED) is 0.638. The number of aryl methyl sites for hydroxylation is 1. The summed E-state index contributed by atoms with van der Waals surface area (Å²) in [5, 5.41) is 9.51. The zero-order valence-corrected chi connectivity index (χ0v) is 15.9. The predicted octanol–water partition coefficient (Wildman–Crippen LogP) is 3.40. The van der Waals surface area contributed by atoms with Crippen molar-refractivity contribution in [3.05, 3.63) is 47.9 Å². The molecule has 2 N–H and O–H groups in total. The molecule has 146 valence electrons. The Kier molecular flexibility index (Phi) is 5.64. The van der Waals surface area contributed by atoms with Crippen LogP contribution in [0.15, 0.2) is 41.1 Å². The number of benzene rings is 1. The van der Waals surface area contributed by atoms with E-state index in [0.717, 1.165) is 0 Å². The molecule has 0 saturated heterocycles. The van der Waals surface area contributed by atoms with Gasteiger partial charge in [0, 0.05) is 30.1 Å². The first-order valence-corrected chi connectivity index (χ1v) is 8.31. The van der Waals surface area contributed by atoms with Crippen molar-refractivity contribution in [1.82, 2.24) is 10.1 Å². The van der Waals surface area contributed by atoms with Gasteiger partial charge in [-0.05, 0) is 19.1 Å². The number of carbonyl (C=O) groups is 1. The molecule has 1 amide bonds. The fraction of sp³-hybridized carbons (Fsp3) is 0.211. The van der Waals surface area contributed by atoms with Gasteiger partial charge in [-0.1, -0.05) is 5.16 Å². The first-order chi connectivity index (χ1) is 13.5. The Labute approximate surface area is 161 Å². The molecule has 9 nitrogen and oxygen atoms in total. The van der Waals surface area contributed by atoms with Crippen LogP contribution in [-0.2, 0) is 0 Å². The van der Waals surface area contributed by atoms with E-state index in [1.165, 1.54) is 6.20 Å². The Balaban J connectivity index is 1.74. The van der Waals surface area contributed by atoms with Crippen molar-refractivity contribution < 1.29 is 23.5 Å². The summed E-state index contributed by atoms with van der Waals surface area (Å²) in [6.07, 6.45) is 1.46. The lowest BCUT2D eigenvalue weighted by atomic mass is 10.2. The summed E-state index contributed by atoms with van der Waals surface area (Å²) in [6, 6.07) is 8.49. The summed E-state index contributed by atoms with van der Waals surface area (Å²) in [5.74, 6) is 2.70. The lowest BCUT2D eigenvalue weighted by Gasteiger charge is -2.15. The Hall–Kier alpha value is -3.75. The van der Waals surface area contributed by atoms with Crippen LogP contribution in [0.25, 0.3) is 0 Å². The van der Waals surface area contributed by atoms with E-state index in [1.807, 2.05) is 0 Å². The number of carbonyl (C=O) groups excluding carboxylic acids is 1. The summed E-state index contributed by atoms with van der Waals surface area (Å²) in [7, 11) is 4.63. The minimum Gasteiger partial charge on any atom is -0.493 e.